The zero-order valence-corrected chi connectivity index (χ0v) is 17.2. The van der Waals surface area contributed by atoms with Gasteiger partial charge < -0.3 is 23.7 Å². The molecule has 0 spiro atoms. The van der Waals surface area contributed by atoms with E-state index in [1.807, 2.05) is 6.07 Å². The summed E-state index contributed by atoms with van der Waals surface area (Å²) in [5, 5.41) is 3.96. The fourth-order valence-corrected chi connectivity index (χ4v) is 3.24. The topological polar surface area (TPSA) is 105 Å². The maximum absolute atomic E-state index is 12.5. The van der Waals surface area contributed by atoms with Crippen LogP contribution >= 0.6 is 0 Å². The maximum Gasteiger partial charge on any atom is 0.343 e. The van der Waals surface area contributed by atoms with Crippen LogP contribution in [0.3, 0.4) is 0 Å². The molecular weight excluding hydrogens is 428 g/mol. The highest BCUT2D eigenvalue weighted by atomic mass is 16.7. The number of nitrogens with one attached hydrogen (secondary N) is 1. The van der Waals surface area contributed by atoms with Crippen molar-refractivity contribution in [1.82, 2.24) is 5.43 Å². The summed E-state index contributed by atoms with van der Waals surface area (Å²) in [4.78, 5) is 24.8. The summed E-state index contributed by atoms with van der Waals surface area (Å²) in [5.74, 6) is 1.53. The molecule has 0 unspecified atom stereocenters. The van der Waals surface area contributed by atoms with E-state index in [0.717, 1.165) is 0 Å². The minimum absolute atomic E-state index is 0.0870. The Morgan fingerprint density at radius 3 is 2.64 bits per heavy atom. The van der Waals surface area contributed by atoms with Crippen LogP contribution in [0.25, 0.3) is 0 Å². The molecule has 5 rings (SSSR count). The molecule has 166 valence electrons. The molecule has 1 atom stereocenters. The molecule has 2 aliphatic rings. The van der Waals surface area contributed by atoms with Crippen LogP contribution < -0.4 is 29.1 Å². The number of para-hydroxylation sites is 2. The zero-order valence-electron chi connectivity index (χ0n) is 17.2. The molecule has 0 saturated heterocycles. The first-order valence-corrected chi connectivity index (χ1v) is 10.1. The number of fused-ring (bicyclic) bond motifs is 2. The van der Waals surface area contributed by atoms with Crippen molar-refractivity contribution in [2.45, 2.75) is 6.10 Å². The molecule has 9 heteroatoms. The fraction of sp³-hybridized carbons (Fsp3) is 0.125. The van der Waals surface area contributed by atoms with Crippen molar-refractivity contribution in [3.63, 3.8) is 0 Å². The molecule has 3 aromatic rings. The van der Waals surface area contributed by atoms with Gasteiger partial charge in [-0.25, -0.2) is 10.2 Å². The molecule has 3 aromatic carbocycles. The largest absolute Gasteiger partial charge is 0.485 e. The molecule has 1 N–H and O–H groups in total. The predicted molar refractivity (Wildman–Crippen MR) is 116 cm³/mol. The molecule has 33 heavy (non-hydrogen) atoms. The van der Waals surface area contributed by atoms with Crippen molar-refractivity contribution in [3.05, 3.63) is 77.9 Å². The summed E-state index contributed by atoms with van der Waals surface area (Å²) in [6.45, 7) is 0.211. The van der Waals surface area contributed by atoms with E-state index in [1.54, 1.807) is 60.7 Å². The van der Waals surface area contributed by atoms with Gasteiger partial charge >= 0.3 is 5.97 Å². The van der Waals surface area contributed by atoms with Crippen LogP contribution in [0.1, 0.15) is 15.9 Å². The third-order valence-corrected chi connectivity index (χ3v) is 4.87. The lowest BCUT2D eigenvalue weighted by molar-refractivity contribution is -0.130. The lowest BCUT2D eigenvalue weighted by atomic mass is 10.2. The summed E-state index contributed by atoms with van der Waals surface area (Å²) in [6, 6.07) is 18.7. The molecule has 0 radical (unpaired) electrons. The van der Waals surface area contributed by atoms with Gasteiger partial charge in [0.05, 0.1) is 11.8 Å². The van der Waals surface area contributed by atoms with Crippen molar-refractivity contribution in [2.24, 2.45) is 5.10 Å². The Balaban J connectivity index is 1.18. The molecule has 0 fully saturated rings. The molecule has 9 nitrogen and oxygen atoms in total. The lowest BCUT2D eigenvalue weighted by Gasteiger charge is -2.24. The zero-order chi connectivity index (χ0) is 22.6. The minimum atomic E-state index is -0.814. The molecule has 2 heterocycles. The van der Waals surface area contributed by atoms with Gasteiger partial charge in [-0.1, -0.05) is 24.3 Å². The second-order valence-electron chi connectivity index (χ2n) is 7.13. The highest BCUT2D eigenvalue weighted by molar-refractivity contribution is 5.92. The van der Waals surface area contributed by atoms with Crippen molar-refractivity contribution in [2.75, 3.05) is 13.4 Å². The lowest BCUT2D eigenvalue weighted by Crippen LogP contribution is -2.42. The summed E-state index contributed by atoms with van der Waals surface area (Å²) in [6.07, 6.45) is 0.624. The Morgan fingerprint density at radius 1 is 0.909 bits per heavy atom. The first kappa shape index (κ1) is 20.4. The van der Waals surface area contributed by atoms with E-state index < -0.39 is 18.0 Å². The number of carbonyl (C=O) groups is 2. The summed E-state index contributed by atoms with van der Waals surface area (Å²) in [5.41, 5.74) is 3.39. The van der Waals surface area contributed by atoms with Crippen LogP contribution in [0, 0.1) is 0 Å². The first-order chi connectivity index (χ1) is 16.2. The quantitative estimate of drug-likeness (QED) is 0.278. The molecule has 1 amide bonds. The Kier molecular flexibility index (Phi) is 5.50. The summed E-state index contributed by atoms with van der Waals surface area (Å²) >= 11 is 0. The number of carbonyl (C=O) groups excluding carboxylic acids is 2. The molecule has 0 aromatic heterocycles. The number of hydrogen-bond donors (Lipinski definition) is 1. The number of benzene rings is 3. The second kappa shape index (κ2) is 8.91. The predicted octanol–water partition coefficient (Wildman–Crippen LogP) is 2.92. The van der Waals surface area contributed by atoms with Crippen LogP contribution in [0.15, 0.2) is 71.8 Å². The summed E-state index contributed by atoms with van der Waals surface area (Å²) < 4.78 is 27.1. The Hall–Kier alpha value is -4.53. The van der Waals surface area contributed by atoms with Crippen LogP contribution in [0.5, 0.6) is 28.7 Å². The molecule has 0 saturated carbocycles. The SMILES string of the molecule is O=C(Oc1cccc(/C=N\NC(=O)[C@H]2COc3ccccc3O2)c1)c1ccc2c(c1)OCO2. The van der Waals surface area contributed by atoms with Crippen LogP contribution in [0.2, 0.25) is 0 Å². The third kappa shape index (κ3) is 4.57. The maximum atomic E-state index is 12.5. The molecule has 2 aliphatic heterocycles. The number of hydrogen-bond acceptors (Lipinski definition) is 8. The number of amides is 1. The van der Waals surface area contributed by atoms with E-state index >= 15 is 0 Å². The van der Waals surface area contributed by atoms with Gasteiger partial charge in [-0.15, -0.1) is 0 Å². The normalized spacial score (nSPS) is 15.8. The van der Waals surface area contributed by atoms with E-state index in [4.69, 9.17) is 23.7 Å². The minimum Gasteiger partial charge on any atom is -0.485 e. The average molecular weight is 446 g/mol. The Bertz CT molecular complexity index is 1240. The van der Waals surface area contributed by atoms with Crippen molar-refractivity contribution in [1.29, 1.82) is 0 Å². The number of ether oxygens (including phenoxy) is 5. The summed E-state index contributed by atoms with van der Waals surface area (Å²) in [7, 11) is 0. The van der Waals surface area contributed by atoms with Crippen LogP contribution in [0.4, 0.5) is 0 Å². The van der Waals surface area contributed by atoms with E-state index in [9.17, 15) is 9.59 Å². The highest BCUT2D eigenvalue weighted by Gasteiger charge is 2.27. The van der Waals surface area contributed by atoms with Gasteiger partial charge in [0.2, 0.25) is 12.9 Å². The van der Waals surface area contributed by atoms with Gasteiger partial charge in [-0.05, 0) is 48.0 Å². The third-order valence-electron chi connectivity index (χ3n) is 4.87. The number of rotatable bonds is 5. The van der Waals surface area contributed by atoms with Gasteiger partial charge in [0.25, 0.3) is 5.91 Å². The van der Waals surface area contributed by atoms with E-state index in [-0.39, 0.29) is 13.4 Å². The van der Waals surface area contributed by atoms with Crippen molar-refractivity contribution < 1.29 is 33.3 Å². The number of hydrazone groups is 1. The Labute approximate surface area is 188 Å². The van der Waals surface area contributed by atoms with Gasteiger partial charge in [0.1, 0.15) is 12.4 Å². The van der Waals surface area contributed by atoms with Crippen LogP contribution in [-0.2, 0) is 4.79 Å². The van der Waals surface area contributed by atoms with Gasteiger partial charge in [-0.3, -0.25) is 4.79 Å². The highest BCUT2D eigenvalue weighted by Crippen LogP contribution is 2.33. The molecule has 0 aliphatic carbocycles. The van der Waals surface area contributed by atoms with Gasteiger partial charge in [0.15, 0.2) is 23.0 Å². The second-order valence-corrected chi connectivity index (χ2v) is 7.13. The molecule has 0 bridgehead atoms. The fourth-order valence-electron chi connectivity index (χ4n) is 3.24. The standard InChI is InChI=1S/C24H18N2O7/c27-23(22-13-29-18-6-1-2-7-20(18)33-22)26-25-12-15-4-3-5-17(10-15)32-24(28)16-8-9-19-21(11-16)31-14-30-19/h1-12,22H,13-14H2,(H,26,27)/b25-12-/t22-/m1/s1. The monoisotopic (exact) mass is 446 g/mol. The van der Waals surface area contributed by atoms with E-state index in [2.05, 4.69) is 10.5 Å². The van der Waals surface area contributed by atoms with Crippen LogP contribution in [-0.4, -0.2) is 37.6 Å². The first-order valence-electron chi connectivity index (χ1n) is 10.1. The van der Waals surface area contributed by atoms with Crippen molar-refractivity contribution >= 4 is 18.1 Å². The average Bonchev–Trinajstić information content (AvgIpc) is 3.32. The Morgan fingerprint density at radius 2 is 1.73 bits per heavy atom. The number of esters is 1. The van der Waals surface area contributed by atoms with E-state index in [1.165, 1.54) is 6.21 Å². The van der Waals surface area contributed by atoms with Gasteiger partial charge in [-0.2, -0.15) is 5.10 Å². The van der Waals surface area contributed by atoms with Crippen molar-refractivity contribution in [3.8, 4) is 28.7 Å². The van der Waals surface area contributed by atoms with Gasteiger partial charge in [0, 0.05) is 0 Å². The van der Waals surface area contributed by atoms with E-state index in [0.29, 0.717) is 39.9 Å². The number of nitrogens with zero attached hydrogens (tertiary/aromatic N) is 1. The molecular formula is C24H18N2O7. The smallest absolute Gasteiger partial charge is 0.343 e.